The van der Waals surface area contributed by atoms with Gasteiger partial charge in [-0.3, -0.25) is 0 Å². The Labute approximate surface area is 89.2 Å². The average molecular weight is 214 g/mol. The summed E-state index contributed by atoms with van der Waals surface area (Å²) < 4.78 is 0. The first-order valence-electron chi connectivity index (χ1n) is 4.91. The van der Waals surface area contributed by atoms with E-state index in [1.807, 2.05) is 13.1 Å². The van der Waals surface area contributed by atoms with Crippen LogP contribution in [-0.2, 0) is 0 Å². The molecule has 0 aromatic carbocycles. The van der Waals surface area contributed by atoms with Crippen LogP contribution in [0.25, 0.3) is 0 Å². The second-order valence-corrected chi connectivity index (χ2v) is 4.96. The molecule has 0 aliphatic carbocycles. The summed E-state index contributed by atoms with van der Waals surface area (Å²) in [4.78, 5) is 5.52. The normalized spacial score (nSPS) is 15.6. The van der Waals surface area contributed by atoms with Gasteiger partial charge in [-0.25, -0.2) is 4.98 Å². The highest BCUT2D eigenvalue weighted by atomic mass is 32.1. The summed E-state index contributed by atoms with van der Waals surface area (Å²) in [5.74, 6) is 0.518. The van der Waals surface area contributed by atoms with Crippen LogP contribution in [0.3, 0.4) is 0 Å². The average Bonchev–Trinajstić information content (AvgIpc) is 2.52. The van der Waals surface area contributed by atoms with E-state index in [1.165, 1.54) is 4.88 Å². The molecule has 2 unspecified atom stereocenters. The Bertz CT molecular complexity index is 283. The summed E-state index contributed by atoms with van der Waals surface area (Å²) in [6.45, 7) is 8.01. The molecule has 0 aliphatic rings. The highest BCUT2D eigenvalue weighted by Crippen LogP contribution is 2.25. The lowest BCUT2D eigenvalue weighted by molar-refractivity contribution is 0.178. The fourth-order valence-electron chi connectivity index (χ4n) is 0.936. The molecular formula is C10H18N2OS. The van der Waals surface area contributed by atoms with Gasteiger partial charge in [0.15, 0.2) is 5.13 Å². The highest BCUT2D eigenvalue weighted by molar-refractivity contribution is 7.15. The molecule has 0 spiro atoms. The van der Waals surface area contributed by atoms with Crippen molar-refractivity contribution in [3.63, 3.8) is 0 Å². The molecular weight excluding hydrogens is 196 g/mol. The third kappa shape index (κ3) is 2.96. The summed E-state index contributed by atoms with van der Waals surface area (Å²) >= 11 is 1.65. The molecule has 1 aromatic rings. The zero-order valence-electron chi connectivity index (χ0n) is 9.11. The summed E-state index contributed by atoms with van der Waals surface area (Å²) in [7, 11) is 0. The van der Waals surface area contributed by atoms with Gasteiger partial charge in [-0.05, 0) is 19.8 Å². The van der Waals surface area contributed by atoms with Gasteiger partial charge in [-0.2, -0.15) is 0 Å². The molecule has 0 amide bonds. The number of hydrogen-bond donors (Lipinski definition) is 2. The van der Waals surface area contributed by atoms with Crippen molar-refractivity contribution in [3.8, 4) is 0 Å². The van der Waals surface area contributed by atoms with Crippen molar-refractivity contribution < 1.29 is 5.11 Å². The van der Waals surface area contributed by atoms with Gasteiger partial charge in [0.2, 0.25) is 0 Å². The smallest absolute Gasteiger partial charge is 0.183 e. The number of rotatable bonds is 4. The van der Waals surface area contributed by atoms with E-state index in [4.69, 9.17) is 0 Å². The van der Waals surface area contributed by atoms with Crippen LogP contribution in [0, 0.1) is 0 Å². The van der Waals surface area contributed by atoms with E-state index >= 15 is 0 Å². The lowest BCUT2D eigenvalue weighted by atomic mass is 10.2. The fraction of sp³-hybridized carbons (Fsp3) is 0.700. The minimum Gasteiger partial charge on any atom is -0.391 e. The first-order valence-corrected chi connectivity index (χ1v) is 5.72. The van der Waals surface area contributed by atoms with Crippen LogP contribution in [0.4, 0.5) is 5.13 Å². The number of anilines is 1. The number of aromatic nitrogens is 1. The Morgan fingerprint density at radius 1 is 1.36 bits per heavy atom. The van der Waals surface area contributed by atoms with E-state index in [-0.39, 0.29) is 12.1 Å². The third-order valence-corrected chi connectivity index (χ3v) is 3.40. The molecule has 3 nitrogen and oxygen atoms in total. The van der Waals surface area contributed by atoms with Gasteiger partial charge >= 0.3 is 0 Å². The lowest BCUT2D eigenvalue weighted by Gasteiger charge is -2.15. The molecule has 0 bridgehead atoms. The van der Waals surface area contributed by atoms with E-state index in [0.29, 0.717) is 5.92 Å². The summed E-state index contributed by atoms with van der Waals surface area (Å²) in [5, 5.41) is 13.4. The molecule has 2 N–H and O–H groups in total. The Morgan fingerprint density at radius 2 is 2.00 bits per heavy atom. The summed E-state index contributed by atoms with van der Waals surface area (Å²) in [6, 6.07) is 0.0427. The molecule has 4 heteroatoms. The van der Waals surface area contributed by atoms with Crippen molar-refractivity contribution in [2.24, 2.45) is 0 Å². The number of hydrogen-bond acceptors (Lipinski definition) is 4. The molecule has 80 valence electrons. The molecule has 14 heavy (non-hydrogen) atoms. The lowest BCUT2D eigenvalue weighted by Crippen LogP contribution is -2.27. The maximum atomic E-state index is 9.31. The van der Waals surface area contributed by atoms with Crippen molar-refractivity contribution in [1.29, 1.82) is 0 Å². The molecule has 0 saturated carbocycles. The first kappa shape index (κ1) is 11.5. The molecule has 1 heterocycles. The molecule has 0 radical (unpaired) electrons. The predicted octanol–water partition coefficient (Wildman–Crippen LogP) is 2.45. The molecule has 1 rings (SSSR count). The fourth-order valence-corrected chi connectivity index (χ4v) is 1.85. The quantitative estimate of drug-likeness (QED) is 0.809. The van der Waals surface area contributed by atoms with Crippen LogP contribution in [0.2, 0.25) is 0 Å². The first-order chi connectivity index (χ1) is 6.50. The standard InChI is InChI=1S/C10H18N2OS/c1-6(2)9-5-11-10(14-9)12-7(3)8(4)13/h5-8,13H,1-4H3,(H,11,12). The van der Waals surface area contributed by atoms with Crippen molar-refractivity contribution in [1.82, 2.24) is 4.98 Å². The second kappa shape index (κ2) is 4.75. The Morgan fingerprint density at radius 3 is 2.43 bits per heavy atom. The number of thiazole rings is 1. The minimum atomic E-state index is -0.360. The largest absolute Gasteiger partial charge is 0.391 e. The summed E-state index contributed by atoms with van der Waals surface area (Å²) in [5.41, 5.74) is 0. The Kier molecular flexibility index (Phi) is 3.89. The van der Waals surface area contributed by atoms with Gasteiger partial charge in [0.1, 0.15) is 0 Å². The predicted molar refractivity (Wildman–Crippen MR) is 61.0 cm³/mol. The maximum absolute atomic E-state index is 9.31. The SMILES string of the molecule is CC(C)c1cnc(NC(C)C(C)O)s1. The van der Waals surface area contributed by atoms with Gasteiger partial charge in [0.25, 0.3) is 0 Å². The van der Waals surface area contributed by atoms with Crippen LogP contribution in [0.1, 0.15) is 38.5 Å². The van der Waals surface area contributed by atoms with Crippen molar-refractivity contribution >= 4 is 16.5 Å². The molecule has 2 atom stereocenters. The van der Waals surface area contributed by atoms with Crippen LogP contribution < -0.4 is 5.32 Å². The van der Waals surface area contributed by atoms with E-state index < -0.39 is 0 Å². The highest BCUT2D eigenvalue weighted by Gasteiger charge is 2.11. The number of aliphatic hydroxyl groups excluding tert-OH is 1. The van der Waals surface area contributed by atoms with Gasteiger partial charge < -0.3 is 10.4 Å². The van der Waals surface area contributed by atoms with Gasteiger partial charge in [-0.15, -0.1) is 11.3 Å². The molecule has 0 aliphatic heterocycles. The molecule has 0 saturated heterocycles. The Balaban J connectivity index is 2.60. The molecule has 0 fully saturated rings. The van der Waals surface area contributed by atoms with Gasteiger partial charge in [0, 0.05) is 11.1 Å². The van der Waals surface area contributed by atoms with Crippen LogP contribution in [0.15, 0.2) is 6.20 Å². The number of aliphatic hydroxyl groups is 1. The van der Waals surface area contributed by atoms with E-state index in [9.17, 15) is 5.11 Å². The monoisotopic (exact) mass is 214 g/mol. The second-order valence-electron chi connectivity index (χ2n) is 3.90. The molecule has 1 aromatic heterocycles. The third-order valence-electron chi connectivity index (χ3n) is 2.17. The number of nitrogens with zero attached hydrogens (tertiary/aromatic N) is 1. The van der Waals surface area contributed by atoms with Crippen LogP contribution in [-0.4, -0.2) is 22.2 Å². The van der Waals surface area contributed by atoms with Gasteiger partial charge in [0.05, 0.1) is 12.1 Å². The Hall–Kier alpha value is -0.610. The maximum Gasteiger partial charge on any atom is 0.183 e. The van der Waals surface area contributed by atoms with E-state index in [2.05, 4.69) is 24.1 Å². The van der Waals surface area contributed by atoms with Crippen LogP contribution >= 0.6 is 11.3 Å². The van der Waals surface area contributed by atoms with Crippen molar-refractivity contribution in [2.45, 2.75) is 45.8 Å². The number of nitrogens with one attached hydrogen (secondary N) is 1. The zero-order chi connectivity index (χ0) is 10.7. The van der Waals surface area contributed by atoms with E-state index in [1.54, 1.807) is 18.3 Å². The van der Waals surface area contributed by atoms with E-state index in [0.717, 1.165) is 5.13 Å². The minimum absolute atomic E-state index is 0.0427. The van der Waals surface area contributed by atoms with Gasteiger partial charge in [-0.1, -0.05) is 13.8 Å². The van der Waals surface area contributed by atoms with Crippen molar-refractivity contribution in [3.05, 3.63) is 11.1 Å². The van der Waals surface area contributed by atoms with Crippen molar-refractivity contribution in [2.75, 3.05) is 5.32 Å². The topological polar surface area (TPSA) is 45.2 Å². The zero-order valence-corrected chi connectivity index (χ0v) is 9.93. The summed E-state index contributed by atoms with van der Waals surface area (Å²) in [6.07, 6.45) is 1.54. The van der Waals surface area contributed by atoms with Crippen LogP contribution in [0.5, 0.6) is 0 Å².